The average Bonchev–Trinajstić information content (AvgIpc) is 2.60. The number of aryl methyl sites for hydroxylation is 1. The minimum atomic E-state index is -1.15. The summed E-state index contributed by atoms with van der Waals surface area (Å²) < 4.78 is 49.6. The van der Waals surface area contributed by atoms with Crippen molar-refractivity contribution >= 4 is 33.4 Å². The van der Waals surface area contributed by atoms with Crippen LogP contribution >= 0.6 is 22.6 Å². The van der Waals surface area contributed by atoms with Crippen molar-refractivity contribution in [3.8, 4) is 5.75 Å². The molecule has 1 nitrogen and oxygen atoms in total. The third-order valence-electron chi connectivity index (χ3n) is 4.94. The summed E-state index contributed by atoms with van der Waals surface area (Å²) in [6, 6.07) is 4.70. The van der Waals surface area contributed by atoms with Gasteiger partial charge in [-0.2, -0.15) is 4.39 Å². The van der Waals surface area contributed by atoms with Gasteiger partial charge in [-0.3, -0.25) is 0 Å². The average molecular weight is 462 g/mol. The van der Waals surface area contributed by atoms with E-state index in [1.165, 1.54) is 6.07 Å². The van der Waals surface area contributed by atoms with Crippen molar-refractivity contribution in [2.75, 3.05) is 6.61 Å². The third kappa shape index (κ3) is 4.07. The van der Waals surface area contributed by atoms with Crippen molar-refractivity contribution in [1.29, 1.82) is 0 Å². The molecular formula is C20H22F3IO. The van der Waals surface area contributed by atoms with Crippen LogP contribution in [-0.4, -0.2) is 10.5 Å². The summed E-state index contributed by atoms with van der Waals surface area (Å²) in [6.45, 7) is 2.30. The lowest BCUT2D eigenvalue weighted by molar-refractivity contribution is 0.204. The van der Waals surface area contributed by atoms with E-state index in [-0.39, 0.29) is 11.1 Å². The maximum atomic E-state index is 14.5. The minimum Gasteiger partial charge on any atom is -0.490 e. The van der Waals surface area contributed by atoms with E-state index >= 15 is 0 Å². The predicted molar refractivity (Wildman–Crippen MR) is 103 cm³/mol. The molecule has 0 unspecified atom stereocenters. The van der Waals surface area contributed by atoms with E-state index in [1.54, 1.807) is 12.1 Å². The van der Waals surface area contributed by atoms with E-state index in [0.29, 0.717) is 33.8 Å². The van der Waals surface area contributed by atoms with E-state index < -0.39 is 17.5 Å². The van der Waals surface area contributed by atoms with Gasteiger partial charge >= 0.3 is 0 Å². The molecule has 1 fully saturated rings. The molecule has 136 valence electrons. The summed E-state index contributed by atoms with van der Waals surface area (Å²) in [6.07, 6.45) is 5.59. The third-order valence-corrected chi connectivity index (χ3v) is 6.19. The number of rotatable bonds is 5. The van der Waals surface area contributed by atoms with Gasteiger partial charge in [-0.25, -0.2) is 8.78 Å². The number of alkyl halides is 1. The second kappa shape index (κ2) is 8.14. The Morgan fingerprint density at radius 3 is 2.44 bits per heavy atom. The Bertz CT molecular complexity index is 754. The summed E-state index contributed by atoms with van der Waals surface area (Å²) in [4.78, 5) is 0. The molecule has 0 N–H and O–H groups in total. The van der Waals surface area contributed by atoms with Crippen molar-refractivity contribution in [1.82, 2.24) is 0 Å². The van der Waals surface area contributed by atoms with Crippen molar-refractivity contribution < 1.29 is 17.9 Å². The van der Waals surface area contributed by atoms with Gasteiger partial charge in [-0.1, -0.05) is 48.1 Å². The molecule has 5 heteroatoms. The van der Waals surface area contributed by atoms with Crippen LogP contribution in [0.25, 0.3) is 10.8 Å². The second-order valence-corrected chi connectivity index (χ2v) is 8.58. The van der Waals surface area contributed by atoms with Gasteiger partial charge in [-0.05, 0) is 55.0 Å². The molecule has 3 rings (SSSR count). The molecule has 0 bridgehead atoms. The van der Waals surface area contributed by atoms with E-state index in [9.17, 15) is 13.2 Å². The fraction of sp³-hybridized carbons (Fsp3) is 0.500. The number of benzene rings is 2. The van der Waals surface area contributed by atoms with Crippen LogP contribution in [0.3, 0.4) is 0 Å². The zero-order valence-corrected chi connectivity index (χ0v) is 16.4. The smallest absolute Gasteiger partial charge is 0.201 e. The van der Waals surface area contributed by atoms with Crippen LogP contribution < -0.4 is 4.74 Å². The first-order chi connectivity index (χ1) is 12.0. The highest BCUT2D eigenvalue weighted by Gasteiger charge is 2.22. The van der Waals surface area contributed by atoms with Crippen LogP contribution in [-0.2, 0) is 6.42 Å². The molecule has 1 aliphatic rings. The Labute approximate surface area is 160 Å². The molecule has 1 saturated carbocycles. The maximum Gasteiger partial charge on any atom is 0.201 e. The van der Waals surface area contributed by atoms with Gasteiger partial charge in [0.2, 0.25) is 5.82 Å². The summed E-state index contributed by atoms with van der Waals surface area (Å²) in [5.74, 6) is -2.67. The zero-order chi connectivity index (χ0) is 18.0. The molecule has 25 heavy (non-hydrogen) atoms. The summed E-state index contributed by atoms with van der Waals surface area (Å²) in [5.41, 5.74) is 0.414. The van der Waals surface area contributed by atoms with E-state index in [1.807, 2.05) is 6.92 Å². The van der Waals surface area contributed by atoms with Gasteiger partial charge in [0.05, 0.1) is 12.0 Å². The van der Waals surface area contributed by atoms with Crippen molar-refractivity contribution in [3.05, 3.63) is 41.2 Å². The van der Waals surface area contributed by atoms with Crippen molar-refractivity contribution in [2.24, 2.45) is 5.92 Å². The van der Waals surface area contributed by atoms with Gasteiger partial charge in [0.25, 0.3) is 0 Å². The maximum absolute atomic E-state index is 14.5. The number of ether oxygens (including phenoxy) is 1. The standard InChI is InChI=1S/C20H22F3IO/c1-2-3-13-6-7-14-10-16(19(22)20(23)17(14)18(13)21)25-11-12-4-8-15(24)9-5-12/h6-7,10,12,15H,2-5,8-9,11H2,1H3. The van der Waals surface area contributed by atoms with Crippen LogP contribution in [0.15, 0.2) is 18.2 Å². The molecule has 0 amide bonds. The lowest BCUT2D eigenvalue weighted by Gasteiger charge is -2.25. The fourth-order valence-electron chi connectivity index (χ4n) is 3.46. The van der Waals surface area contributed by atoms with E-state index in [2.05, 4.69) is 22.6 Å². The Morgan fingerprint density at radius 1 is 1.04 bits per heavy atom. The number of fused-ring (bicyclic) bond motifs is 1. The molecule has 1 aliphatic carbocycles. The first-order valence-electron chi connectivity index (χ1n) is 8.87. The molecule has 0 aromatic heterocycles. The minimum absolute atomic E-state index is 0.121. The number of halogens is 4. The van der Waals surface area contributed by atoms with Gasteiger partial charge < -0.3 is 4.74 Å². The van der Waals surface area contributed by atoms with Crippen LogP contribution in [0.4, 0.5) is 13.2 Å². The Kier molecular flexibility index (Phi) is 6.12. The first-order valence-corrected chi connectivity index (χ1v) is 10.1. The van der Waals surface area contributed by atoms with Crippen LogP contribution in [0.2, 0.25) is 0 Å². The fourth-order valence-corrected chi connectivity index (χ4v) is 4.18. The van der Waals surface area contributed by atoms with E-state index in [4.69, 9.17) is 4.74 Å². The number of hydrogen-bond donors (Lipinski definition) is 0. The monoisotopic (exact) mass is 462 g/mol. The molecule has 2 aromatic rings. The highest BCUT2D eigenvalue weighted by molar-refractivity contribution is 14.1. The Balaban J connectivity index is 1.85. The van der Waals surface area contributed by atoms with Crippen LogP contribution in [0.5, 0.6) is 5.75 Å². The molecule has 0 atom stereocenters. The van der Waals surface area contributed by atoms with Gasteiger partial charge in [0.1, 0.15) is 5.82 Å². The van der Waals surface area contributed by atoms with Crippen molar-refractivity contribution in [3.63, 3.8) is 0 Å². The summed E-state index contributed by atoms with van der Waals surface area (Å²) in [7, 11) is 0. The molecule has 2 aromatic carbocycles. The highest BCUT2D eigenvalue weighted by Crippen LogP contribution is 2.34. The van der Waals surface area contributed by atoms with Gasteiger partial charge in [0.15, 0.2) is 11.6 Å². The zero-order valence-electron chi connectivity index (χ0n) is 14.3. The summed E-state index contributed by atoms with van der Waals surface area (Å²) in [5, 5.41) is 0.0587. The number of hydrogen-bond acceptors (Lipinski definition) is 1. The molecule has 0 radical (unpaired) electrons. The predicted octanol–water partition coefficient (Wildman–Crippen LogP) is 6.58. The normalized spacial score (nSPS) is 20.8. The quantitative estimate of drug-likeness (QED) is 0.360. The van der Waals surface area contributed by atoms with Crippen molar-refractivity contribution in [2.45, 2.75) is 49.4 Å². The lowest BCUT2D eigenvalue weighted by atomic mass is 9.90. The molecule has 0 aliphatic heterocycles. The van der Waals surface area contributed by atoms with E-state index in [0.717, 1.165) is 32.1 Å². The Morgan fingerprint density at radius 2 is 1.76 bits per heavy atom. The molecule has 0 heterocycles. The summed E-state index contributed by atoms with van der Waals surface area (Å²) >= 11 is 2.45. The van der Waals surface area contributed by atoms with Gasteiger partial charge in [-0.15, -0.1) is 0 Å². The molecular weight excluding hydrogens is 440 g/mol. The van der Waals surface area contributed by atoms with Crippen LogP contribution in [0.1, 0.15) is 44.6 Å². The topological polar surface area (TPSA) is 9.23 Å². The lowest BCUT2D eigenvalue weighted by Crippen LogP contribution is -2.20. The van der Waals surface area contributed by atoms with Crippen LogP contribution in [0, 0.1) is 23.4 Å². The SMILES string of the molecule is CCCc1ccc2cc(OCC3CCC(I)CC3)c(F)c(F)c2c1F. The first kappa shape index (κ1) is 18.8. The molecule has 0 saturated heterocycles. The largest absolute Gasteiger partial charge is 0.490 e. The van der Waals surface area contributed by atoms with Gasteiger partial charge in [0, 0.05) is 3.92 Å². The Hall–Kier alpha value is -0.980. The highest BCUT2D eigenvalue weighted by atomic mass is 127. The second-order valence-electron chi connectivity index (χ2n) is 6.82. The molecule has 0 spiro atoms.